The minimum Gasteiger partial charge on any atom is -1.00 e. The van der Waals surface area contributed by atoms with Gasteiger partial charge in [-0.2, -0.15) is 14.8 Å². The van der Waals surface area contributed by atoms with Crippen LogP contribution in [0, 0.1) is 0 Å². The molecule has 13 rings (SSSR count). The van der Waals surface area contributed by atoms with Crippen molar-refractivity contribution in [1.82, 2.24) is 127 Å². The zero-order valence-corrected chi connectivity index (χ0v) is 67.5. The summed E-state index contributed by atoms with van der Waals surface area (Å²) in [5, 5.41) is 77.0. The number of aromatic nitrogens is 20. The summed E-state index contributed by atoms with van der Waals surface area (Å²) in [5.74, 6) is 3.67. The van der Waals surface area contributed by atoms with Gasteiger partial charge in [-0.3, -0.25) is 19.5 Å². The molecule has 37 heteroatoms. The van der Waals surface area contributed by atoms with Crippen LogP contribution in [-0.2, 0) is 50.8 Å². The van der Waals surface area contributed by atoms with Crippen molar-refractivity contribution in [3.05, 3.63) is 137 Å². The molecule has 0 unspecified atom stereocenters. The molecular formula is C63H92IK2N25O9. The number of aromatic amines is 1. The normalized spacial score (nSPS) is 18.0. The van der Waals surface area contributed by atoms with Gasteiger partial charge in [0.25, 0.3) is 6.47 Å². The van der Waals surface area contributed by atoms with Gasteiger partial charge in [-0.1, -0.05) is 133 Å². The monoisotopic (exact) mass is 1550 g/mol. The van der Waals surface area contributed by atoms with Crippen molar-refractivity contribution in [3.63, 3.8) is 0 Å². The zero-order chi connectivity index (χ0) is 70.2. The van der Waals surface area contributed by atoms with Crippen molar-refractivity contribution >= 4 is 47.3 Å². The molecule has 5 fully saturated rings. The number of benzene rings is 3. The Morgan fingerprint density at radius 3 is 1.35 bits per heavy atom. The van der Waals surface area contributed by atoms with Crippen LogP contribution >= 0.6 is 22.6 Å². The molecule has 3 amide bonds. The van der Waals surface area contributed by atoms with Gasteiger partial charge in [0.15, 0.2) is 29.1 Å². The number of nitrogens with zero attached hydrogens (tertiary/aromatic N) is 22. The van der Waals surface area contributed by atoms with Crippen molar-refractivity contribution in [1.29, 1.82) is 0 Å². The summed E-state index contributed by atoms with van der Waals surface area (Å²) in [6, 6.07) is 29.9. The van der Waals surface area contributed by atoms with Gasteiger partial charge < -0.3 is 36.4 Å². The average molecular weight is 1550 g/mol. The first-order valence-corrected chi connectivity index (χ1v) is 34.3. The molecule has 3 aromatic carbocycles. The van der Waals surface area contributed by atoms with Crippen molar-refractivity contribution in [2.45, 2.75) is 192 Å². The average Bonchev–Trinajstić information content (AvgIpc) is 1.70. The third kappa shape index (κ3) is 27.4. The third-order valence-electron chi connectivity index (χ3n) is 15.6. The molecule has 532 valence electrons. The fourth-order valence-corrected chi connectivity index (χ4v) is 10.9. The van der Waals surface area contributed by atoms with Crippen LogP contribution in [0.15, 0.2) is 91.0 Å². The van der Waals surface area contributed by atoms with Gasteiger partial charge in [0, 0.05) is 23.6 Å². The van der Waals surface area contributed by atoms with E-state index in [9.17, 15) is 14.4 Å². The first kappa shape index (κ1) is 84.8. The van der Waals surface area contributed by atoms with E-state index in [2.05, 4.69) is 148 Å². The molecule has 5 aromatic heterocycles. The minimum absolute atomic E-state index is 0. The molecule has 10 heterocycles. The fourth-order valence-electron chi connectivity index (χ4n) is 10.9. The van der Waals surface area contributed by atoms with Gasteiger partial charge >= 0.3 is 121 Å². The van der Waals surface area contributed by atoms with E-state index >= 15 is 0 Å². The smallest absolute Gasteiger partial charge is 1.00 e. The molecule has 3 N–H and O–H groups in total. The number of rotatable bonds is 15. The minimum atomic E-state index is -0.332. The standard InChI is InChI=1S/2C16H21N5O2.C13H15N5O2.C8H15N5.C6H11N5.C3H7I.CH2O3.2K.H/c1-12(2)21-15(17-18-19-21)14-9-6-10-20(14)16(22)23-11-13-7-4-3-5-8-13;1-12(2)21-18-15(17-19-21)14-9-6-10-20(14)16(22)23-11-13-7-4-3-5-8-13;19-13(20-9-10-5-2-1-3-6-10)18-8-4-7-11(18)12-14-16-17-15-12;1-6(2)13-8(10-11-12-13)7-4-3-5-9-7;1-11-9-6(8-10-11)5-3-2-4-7-5;1-3(2)4;2-1-4-3;;;/h2*3-5,7-8,12,14H,6,9-11H2,1-2H3;1-3,5-6,11H,4,7-9H2,(H,14,15,16,17);6-7,9H,3-5H2,1-2H3;5,7H,2-4H2,1H3;3H,1-2H3;1,3H;;;/q;;;;;;;2*+1;-1/p-1/t2*14-;11-;7-;5-;;;;;/m11111...../s1. The van der Waals surface area contributed by atoms with Crippen LogP contribution in [0.4, 0.5) is 14.4 Å². The van der Waals surface area contributed by atoms with Crippen molar-refractivity contribution < 1.29 is 148 Å². The SMILES string of the molecule is CC(C)I.CC(C)n1nnc([C@H]2CCCN2C(=O)OCc2ccccc2)n1.CC(C)n1nnnc1[C@H]1CCCN1.CC(C)n1nnnc1[C@H]1CCCN1C(=O)OCc1ccccc1.Cn1nnc([C@H]2CCCN2)n1.O=C(OCc1ccccc1)N1CCC[C@@H]1c1nn[nH]n1.O=CO[O-].[H-].[K+].[K+]. The third-order valence-corrected chi connectivity index (χ3v) is 15.6. The number of alkyl halides is 1. The number of carbonyl (C=O) groups is 4. The number of carbonyl (C=O) groups excluding carboxylic acids is 4. The van der Waals surface area contributed by atoms with Crippen LogP contribution in [-0.4, -0.2) is 178 Å². The van der Waals surface area contributed by atoms with E-state index < -0.39 is 0 Å². The van der Waals surface area contributed by atoms with Crippen molar-refractivity contribution in [2.24, 2.45) is 7.05 Å². The quantitative estimate of drug-likeness (QED) is 0.0251. The number of hydrogen-bond acceptors (Lipinski definition) is 26. The molecule has 8 aromatic rings. The Balaban J connectivity index is 0.000000264. The number of aryl methyl sites for hydroxylation is 1. The Kier molecular flexibility index (Phi) is 39.0. The van der Waals surface area contributed by atoms with Gasteiger partial charge in [0.1, 0.15) is 19.8 Å². The summed E-state index contributed by atoms with van der Waals surface area (Å²) in [4.78, 5) is 56.3. The Bertz CT molecular complexity index is 3550. The Hall–Kier alpha value is -5.83. The predicted molar refractivity (Wildman–Crippen MR) is 361 cm³/mol. The maximum Gasteiger partial charge on any atom is 1.00 e. The number of amides is 3. The topological polar surface area (TPSA) is 391 Å². The fraction of sp³-hybridized carbons (Fsp3) is 0.571. The molecule has 100 heavy (non-hydrogen) atoms. The Labute approximate surface area is 682 Å². The van der Waals surface area contributed by atoms with E-state index in [0.717, 1.165) is 103 Å². The van der Waals surface area contributed by atoms with E-state index in [1.807, 2.05) is 123 Å². The predicted octanol–water partition coefficient (Wildman–Crippen LogP) is 1.83. The number of halogens is 1. The first-order chi connectivity index (χ1) is 47.5. The second kappa shape index (κ2) is 46.0. The first-order valence-electron chi connectivity index (χ1n) is 33.0. The van der Waals surface area contributed by atoms with Crippen LogP contribution in [0.3, 0.4) is 0 Å². The number of tetrazole rings is 5. The summed E-state index contributed by atoms with van der Waals surface area (Å²) >= 11 is 2.34. The second-order valence-corrected chi connectivity index (χ2v) is 26.8. The summed E-state index contributed by atoms with van der Waals surface area (Å²) < 4.78 is 20.7. The molecule has 0 saturated carbocycles. The molecule has 0 bridgehead atoms. The number of ether oxygens (including phenoxy) is 3. The number of H-pyrrole nitrogens is 1. The molecular weight excluding hydrogens is 1460 g/mol. The van der Waals surface area contributed by atoms with E-state index in [0.29, 0.717) is 49.4 Å². The molecule has 5 aliphatic heterocycles. The van der Waals surface area contributed by atoms with Gasteiger partial charge in [0.05, 0.1) is 55.4 Å². The Morgan fingerprint density at radius 2 is 0.960 bits per heavy atom. The summed E-state index contributed by atoms with van der Waals surface area (Å²) in [7, 11) is 1.78. The van der Waals surface area contributed by atoms with Crippen LogP contribution in [0.1, 0.15) is 215 Å². The van der Waals surface area contributed by atoms with Gasteiger partial charge in [0.2, 0.25) is 0 Å². The molecule has 5 aliphatic rings. The largest absolute Gasteiger partial charge is 1.00 e. The number of hydrogen-bond donors (Lipinski definition) is 3. The maximum atomic E-state index is 12.4. The molecule has 0 aliphatic carbocycles. The molecule has 5 saturated heterocycles. The molecule has 34 nitrogen and oxygen atoms in total. The number of likely N-dealkylation sites (tertiary alicyclic amines) is 3. The van der Waals surface area contributed by atoms with Crippen LogP contribution in [0.5, 0.6) is 0 Å². The molecule has 5 atom stereocenters. The van der Waals surface area contributed by atoms with Gasteiger partial charge in [-0.15, -0.1) is 40.8 Å². The van der Waals surface area contributed by atoms with E-state index in [1.165, 1.54) is 17.6 Å². The molecule has 0 spiro atoms. The summed E-state index contributed by atoms with van der Waals surface area (Å²) in [5.41, 5.74) is 2.92. The summed E-state index contributed by atoms with van der Waals surface area (Å²) in [6.07, 6.45) is 9.03. The van der Waals surface area contributed by atoms with E-state index in [4.69, 9.17) is 24.3 Å². The second-order valence-electron chi connectivity index (χ2n) is 24.3. The number of nitrogens with one attached hydrogen (secondary N) is 3. The van der Waals surface area contributed by atoms with E-state index in [1.54, 1.807) is 31.2 Å². The Morgan fingerprint density at radius 1 is 0.540 bits per heavy atom. The maximum absolute atomic E-state index is 12.4. The van der Waals surface area contributed by atoms with Gasteiger partial charge in [-0.05, 0) is 167 Å². The van der Waals surface area contributed by atoms with Crippen LogP contribution < -0.4 is 119 Å². The zero-order valence-electron chi connectivity index (χ0n) is 60.1. The van der Waals surface area contributed by atoms with Crippen molar-refractivity contribution in [2.75, 3.05) is 32.7 Å². The van der Waals surface area contributed by atoms with E-state index in [-0.39, 0.29) is 179 Å². The summed E-state index contributed by atoms with van der Waals surface area (Å²) in [6.45, 7) is 21.3. The molecule has 0 radical (unpaired) electrons. The van der Waals surface area contributed by atoms with Crippen LogP contribution in [0.2, 0.25) is 0 Å². The van der Waals surface area contributed by atoms with Gasteiger partial charge in [-0.25, -0.2) is 23.7 Å². The van der Waals surface area contributed by atoms with Crippen LogP contribution in [0.25, 0.3) is 0 Å². The van der Waals surface area contributed by atoms with Crippen molar-refractivity contribution in [3.8, 4) is 0 Å².